The van der Waals surface area contributed by atoms with Gasteiger partial charge >= 0.3 is 12.0 Å². The van der Waals surface area contributed by atoms with Crippen molar-refractivity contribution in [2.24, 2.45) is 0 Å². The number of hydrogen-bond acceptors (Lipinski definition) is 4. The predicted molar refractivity (Wildman–Crippen MR) is 88.6 cm³/mol. The predicted octanol–water partition coefficient (Wildman–Crippen LogP) is 1.43. The second-order valence-corrected chi connectivity index (χ2v) is 5.86. The first-order valence-electron chi connectivity index (χ1n) is 7.50. The average Bonchev–Trinajstić information content (AvgIpc) is 3.03. The van der Waals surface area contributed by atoms with Crippen molar-refractivity contribution >= 4 is 35.2 Å². The molecule has 24 heavy (non-hydrogen) atoms. The molecular formula is C15H19ClN4O4. The number of carbonyl (C=O) groups excluding carboxylic acids is 2. The van der Waals surface area contributed by atoms with E-state index in [2.05, 4.69) is 16.2 Å². The number of nitrogens with one attached hydrogen (secondary N) is 3. The molecule has 1 aromatic rings. The van der Waals surface area contributed by atoms with Crippen LogP contribution < -0.4 is 16.2 Å². The number of carboxylic acids is 1. The third-order valence-electron chi connectivity index (χ3n) is 3.72. The SMILES string of the molecule is CC(NC(=O)N1CCCC1C(=O)NNc1ccccc1Cl)C(=O)O. The second-order valence-electron chi connectivity index (χ2n) is 5.45. The molecule has 1 aliphatic rings. The highest BCUT2D eigenvalue weighted by atomic mass is 35.5. The third-order valence-corrected chi connectivity index (χ3v) is 4.05. The molecule has 1 heterocycles. The molecule has 3 amide bonds. The Morgan fingerprint density at radius 1 is 1.33 bits per heavy atom. The quantitative estimate of drug-likeness (QED) is 0.598. The largest absolute Gasteiger partial charge is 0.480 e. The normalized spacial score (nSPS) is 17.9. The van der Waals surface area contributed by atoms with Crippen molar-refractivity contribution in [2.45, 2.75) is 31.8 Å². The van der Waals surface area contributed by atoms with E-state index < -0.39 is 24.1 Å². The van der Waals surface area contributed by atoms with Gasteiger partial charge in [0.15, 0.2) is 0 Å². The van der Waals surface area contributed by atoms with Gasteiger partial charge in [0.1, 0.15) is 12.1 Å². The Morgan fingerprint density at radius 3 is 2.71 bits per heavy atom. The first kappa shape index (κ1) is 17.9. The Bertz CT molecular complexity index is 640. The summed E-state index contributed by atoms with van der Waals surface area (Å²) in [4.78, 5) is 36.6. The fourth-order valence-corrected chi connectivity index (χ4v) is 2.57. The van der Waals surface area contributed by atoms with Crippen LogP contribution in [0.15, 0.2) is 24.3 Å². The van der Waals surface area contributed by atoms with Crippen LogP contribution in [-0.4, -0.2) is 46.5 Å². The molecule has 0 aromatic heterocycles. The summed E-state index contributed by atoms with van der Waals surface area (Å²) in [5.41, 5.74) is 5.80. The number of aliphatic carboxylic acids is 1. The molecule has 0 bridgehead atoms. The van der Waals surface area contributed by atoms with Crippen molar-refractivity contribution in [3.8, 4) is 0 Å². The molecule has 2 rings (SSSR count). The molecule has 1 fully saturated rings. The van der Waals surface area contributed by atoms with E-state index in [4.69, 9.17) is 16.7 Å². The Morgan fingerprint density at radius 2 is 2.04 bits per heavy atom. The first-order valence-corrected chi connectivity index (χ1v) is 7.88. The van der Waals surface area contributed by atoms with Crippen LogP contribution in [0.4, 0.5) is 10.5 Å². The molecule has 2 atom stereocenters. The zero-order valence-corrected chi connectivity index (χ0v) is 13.8. The van der Waals surface area contributed by atoms with Gasteiger partial charge in [-0.15, -0.1) is 0 Å². The van der Waals surface area contributed by atoms with Crippen LogP contribution in [0, 0.1) is 0 Å². The van der Waals surface area contributed by atoms with Crippen molar-refractivity contribution in [1.29, 1.82) is 0 Å². The zero-order valence-electron chi connectivity index (χ0n) is 13.1. The minimum absolute atomic E-state index is 0.384. The highest BCUT2D eigenvalue weighted by Crippen LogP contribution is 2.20. The van der Waals surface area contributed by atoms with E-state index in [0.717, 1.165) is 0 Å². The third kappa shape index (κ3) is 4.29. The van der Waals surface area contributed by atoms with Crippen molar-refractivity contribution in [1.82, 2.24) is 15.6 Å². The number of carboxylic acid groups (broad SMARTS) is 1. The van der Waals surface area contributed by atoms with Crippen LogP contribution in [0.5, 0.6) is 0 Å². The van der Waals surface area contributed by atoms with Gasteiger partial charge in [0, 0.05) is 6.54 Å². The Kier molecular flexibility index (Phi) is 5.86. The number of nitrogens with zero attached hydrogens (tertiary/aromatic N) is 1. The minimum Gasteiger partial charge on any atom is -0.480 e. The summed E-state index contributed by atoms with van der Waals surface area (Å²) in [5.74, 6) is -1.52. The first-order chi connectivity index (χ1) is 11.4. The van der Waals surface area contributed by atoms with Gasteiger partial charge in [-0.2, -0.15) is 0 Å². The van der Waals surface area contributed by atoms with Gasteiger partial charge in [-0.1, -0.05) is 23.7 Å². The molecule has 0 spiro atoms. The highest BCUT2D eigenvalue weighted by Gasteiger charge is 2.35. The Balaban J connectivity index is 1.94. The van der Waals surface area contributed by atoms with Crippen LogP contribution in [0.25, 0.3) is 0 Å². The molecule has 0 aliphatic carbocycles. The fourth-order valence-electron chi connectivity index (χ4n) is 2.39. The molecule has 4 N–H and O–H groups in total. The van der Waals surface area contributed by atoms with Gasteiger partial charge < -0.3 is 15.3 Å². The maximum absolute atomic E-state index is 12.3. The van der Waals surface area contributed by atoms with Crippen LogP contribution in [0.2, 0.25) is 5.02 Å². The zero-order chi connectivity index (χ0) is 17.7. The van der Waals surface area contributed by atoms with Crippen LogP contribution >= 0.6 is 11.6 Å². The molecule has 2 unspecified atom stereocenters. The van der Waals surface area contributed by atoms with Gasteiger partial charge in [0.05, 0.1) is 10.7 Å². The van der Waals surface area contributed by atoms with E-state index >= 15 is 0 Å². The van der Waals surface area contributed by atoms with Crippen molar-refractivity contribution in [3.05, 3.63) is 29.3 Å². The maximum atomic E-state index is 12.3. The van der Waals surface area contributed by atoms with E-state index in [1.807, 2.05) is 0 Å². The summed E-state index contributed by atoms with van der Waals surface area (Å²) in [7, 11) is 0. The second kappa shape index (κ2) is 7.87. The molecule has 1 saturated heterocycles. The summed E-state index contributed by atoms with van der Waals surface area (Å²) in [5, 5.41) is 11.7. The standard InChI is InChI=1S/C15H19ClN4O4/c1-9(14(22)23)17-15(24)20-8-4-7-12(20)13(21)19-18-11-6-3-2-5-10(11)16/h2-3,5-6,9,12,18H,4,7-8H2,1H3,(H,17,24)(H,19,21)(H,22,23). The summed E-state index contributed by atoms with van der Waals surface area (Å²) in [6.07, 6.45) is 1.17. The van der Waals surface area contributed by atoms with Crippen molar-refractivity contribution in [2.75, 3.05) is 12.0 Å². The lowest BCUT2D eigenvalue weighted by atomic mass is 10.2. The molecule has 8 nitrogen and oxygen atoms in total. The van der Waals surface area contributed by atoms with Gasteiger partial charge in [0.2, 0.25) is 0 Å². The maximum Gasteiger partial charge on any atom is 0.325 e. The van der Waals surface area contributed by atoms with Crippen LogP contribution in [0.3, 0.4) is 0 Å². The van der Waals surface area contributed by atoms with E-state index in [0.29, 0.717) is 30.1 Å². The summed E-state index contributed by atoms with van der Waals surface area (Å²) in [6.45, 7) is 1.76. The van der Waals surface area contributed by atoms with Crippen LogP contribution in [-0.2, 0) is 9.59 Å². The number of urea groups is 1. The molecule has 0 saturated carbocycles. The van der Waals surface area contributed by atoms with E-state index in [-0.39, 0.29) is 5.91 Å². The Labute approximate surface area is 144 Å². The van der Waals surface area contributed by atoms with E-state index in [9.17, 15) is 14.4 Å². The highest BCUT2D eigenvalue weighted by molar-refractivity contribution is 6.33. The number of carbonyl (C=O) groups is 3. The molecular weight excluding hydrogens is 336 g/mol. The lowest BCUT2D eigenvalue weighted by molar-refractivity contribution is -0.138. The number of anilines is 1. The molecule has 0 radical (unpaired) electrons. The summed E-state index contributed by atoms with van der Waals surface area (Å²) < 4.78 is 0. The number of amides is 3. The van der Waals surface area contributed by atoms with Gasteiger partial charge in [0.25, 0.3) is 5.91 Å². The summed E-state index contributed by atoms with van der Waals surface area (Å²) >= 11 is 5.99. The average molecular weight is 355 g/mol. The van der Waals surface area contributed by atoms with Gasteiger partial charge in [-0.25, -0.2) is 4.79 Å². The summed E-state index contributed by atoms with van der Waals surface area (Å²) in [6, 6.07) is 4.66. The number of hydrazine groups is 1. The fraction of sp³-hybridized carbons (Fsp3) is 0.400. The number of para-hydroxylation sites is 1. The van der Waals surface area contributed by atoms with Crippen molar-refractivity contribution in [3.63, 3.8) is 0 Å². The van der Waals surface area contributed by atoms with E-state index in [1.54, 1.807) is 24.3 Å². The van der Waals surface area contributed by atoms with Gasteiger partial charge in [-0.3, -0.25) is 20.4 Å². The molecule has 1 aliphatic heterocycles. The van der Waals surface area contributed by atoms with Crippen LogP contribution in [0.1, 0.15) is 19.8 Å². The number of halogens is 1. The minimum atomic E-state index is -1.14. The van der Waals surface area contributed by atoms with Gasteiger partial charge in [-0.05, 0) is 31.9 Å². The lowest BCUT2D eigenvalue weighted by Crippen LogP contribution is -2.53. The number of benzene rings is 1. The smallest absolute Gasteiger partial charge is 0.325 e. The number of hydrogen-bond donors (Lipinski definition) is 4. The topological polar surface area (TPSA) is 111 Å². The molecule has 9 heteroatoms. The van der Waals surface area contributed by atoms with E-state index in [1.165, 1.54) is 11.8 Å². The number of likely N-dealkylation sites (tertiary alicyclic amines) is 1. The lowest BCUT2D eigenvalue weighted by Gasteiger charge is -2.25. The number of rotatable bonds is 5. The Hall–Kier alpha value is -2.48. The molecule has 130 valence electrons. The van der Waals surface area contributed by atoms with Crippen molar-refractivity contribution < 1.29 is 19.5 Å². The molecule has 1 aromatic carbocycles. The monoisotopic (exact) mass is 354 g/mol.